The van der Waals surface area contributed by atoms with Gasteiger partial charge in [0.05, 0.1) is 10.9 Å². The Morgan fingerprint density at radius 1 is 1.13 bits per heavy atom. The van der Waals surface area contributed by atoms with Crippen LogP contribution in [0.25, 0.3) is 0 Å². The van der Waals surface area contributed by atoms with E-state index in [0.29, 0.717) is 0 Å². The quantitative estimate of drug-likeness (QED) is 0.580. The van der Waals surface area contributed by atoms with E-state index in [1.165, 1.54) is 6.66 Å². The highest BCUT2D eigenvalue weighted by Gasteiger charge is 2.48. The van der Waals surface area contributed by atoms with Gasteiger partial charge in [0, 0.05) is 12.1 Å². The zero-order valence-electron chi connectivity index (χ0n) is 10.7. The summed E-state index contributed by atoms with van der Waals surface area (Å²) in [6.45, 7) is 12.1. The van der Waals surface area contributed by atoms with Crippen molar-refractivity contribution in [1.82, 2.24) is 0 Å². The molecule has 0 aromatic rings. The monoisotopic (exact) mass is 234 g/mol. The van der Waals surface area contributed by atoms with Crippen LogP contribution >= 0.6 is 7.37 Å². The van der Waals surface area contributed by atoms with Gasteiger partial charge in [-0.1, -0.05) is 13.8 Å². The van der Waals surface area contributed by atoms with Crippen molar-refractivity contribution in [2.24, 2.45) is 5.41 Å². The molecule has 0 amide bonds. The molecule has 0 saturated heterocycles. The molecule has 2 N–H and O–H groups in total. The molecule has 0 aliphatic heterocycles. The van der Waals surface area contributed by atoms with Gasteiger partial charge in [-0.05, 0) is 33.3 Å². The Balaban J connectivity index is 5.60. The SMILES string of the molecule is C/C(O)=C(\C)C(C)(C)C(C)(C)P(C)(=O)O. The van der Waals surface area contributed by atoms with Crippen LogP contribution in [0.1, 0.15) is 41.5 Å². The predicted molar refractivity (Wildman–Crippen MR) is 64.6 cm³/mol. The molecular formula is C11H23O3P. The third-order valence-electron chi connectivity index (χ3n) is 4.05. The van der Waals surface area contributed by atoms with Crippen molar-refractivity contribution in [3.8, 4) is 0 Å². The number of aliphatic hydroxyl groups is 1. The summed E-state index contributed by atoms with van der Waals surface area (Å²) < 4.78 is 11.9. The fourth-order valence-corrected chi connectivity index (χ4v) is 2.63. The summed E-state index contributed by atoms with van der Waals surface area (Å²) in [5, 5.41) is 8.72. The van der Waals surface area contributed by atoms with Crippen molar-refractivity contribution in [3.05, 3.63) is 11.3 Å². The molecule has 0 spiro atoms. The average Bonchev–Trinajstić information content (AvgIpc) is 2.00. The molecule has 0 saturated carbocycles. The Morgan fingerprint density at radius 2 is 1.47 bits per heavy atom. The first-order valence-corrected chi connectivity index (χ1v) is 7.13. The lowest BCUT2D eigenvalue weighted by molar-refractivity contribution is 0.282. The highest BCUT2D eigenvalue weighted by Crippen LogP contribution is 2.61. The Hall–Kier alpha value is -0.270. The number of rotatable bonds is 3. The zero-order valence-corrected chi connectivity index (χ0v) is 11.6. The molecule has 0 aliphatic rings. The second kappa shape index (κ2) is 3.95. The molecule has 0 aromatic carbocycles. The lowest BCUT2D eigenvalue weighted by Gasteiger charge is -2.44. The van der Waals surface area contributed by atoms with Crippen LogP contribution < -0.4 is 0 Å². The number of aliphatic hydroxyl groups excluding tert-OH is 1. The van der Waals surface area contributed by atoms with E-state index in [4.69, 9.17) is 0 Å². The summed E-state index contributed by atoms with van der Waals surface area (Å²) in [6.07, 6.45) is 0. The topological polar surface area (TPSA) is 57.5 Å². The smallest absolute Gasteiger partial charge is 0.203 e. The van der Waals surface area contributed by atoms with Gasteiger partial charge in [-0.3, -0.25) is 4.57 Å². The third kappa shape index (κ3) is 2.46. The molecule has 0 rings (SSSR count). The second-order valence-electron chi connectivity index (χ2n) is 5.27. The van der Waals surface area contributed by atoms with E-state index in [1.54, 1.807) is 27.7 Å². The minimum absolute atomic E-state index is 0.224. The molecule has 0 heterocycles. The summed E-state index contributed by atoms with van der Waals surface area (Å²) in [7, 11) is -3.23. The highest BCUT2D eigenvalue weighted by atomic mass is 31.2. The Bertz CT molecular complexity index is 317. The van der Waals surface area contributed by atoms with Crippen LogP contribution in [0.4, 0.5) is 0 Å². The summed E-state index contributed by atoms with van der Waals surface area (Å²) in [4.78, 5) is 9.76. The maximum absolute atomic E-state index is 11.9. The fourth-order valence-electron chi connectivity index (χ4n) is 1.43. The maximum Gasteiger partial charge on any atom is 0.203 e. The van der Waals surface area contributed by atoms with Crippen LogP contribution in [-0.2, 0) is 4.57 Å². The molecule has 0 aromatic heterocycles. The van der Waals surface area contributed by atoms with Gasteiger partial charge in [-0.2, -0.15) is 0 Å². The average molecular weight is 234 g/mol. The Labute approximate surface area is 92.7 Å². The van der Waals surface area contributed by atoms with Crippen molar-refractivity contribution in [2.45, 2.75) is 46.7 Å². The van der Waals surface area contributed by atoms with Gasteiger partial charge >= 0.3 is 0 Å². The van der Waals surface area contributed by atoms with Crippen LogP contribution in [0.3, 0.4) is 0 Å². The molecule has 4 heteroatoms. The molecule has 0 aliphatic carbocycles. The largest absolute Gasteiger partial charge is 0.513 e. The van der Waals surface area contributed by atoms with Gasteiger partial charge in [0.15, 0.2) is 0 Å². The van der Waals surface area contributed by atoms with Gasteiger partial charge in [0.2, 0.25) is 7.37 Å². The van der Waals surface area contributed by atoms with Crippen LogP contribution in [0.15, 0.2) is 11.3 Å². The van der Waals surface area contributed by atoms with Gasteiger partial charge in [0.25, 0.3) is 0 Å². The first-order chi connectivity index (χ1) is 6.35. The summed E-state index contributed by atoms with van der Waals surface area (Å²) in [6, 6.07) is 0. The van der Waals surface area contributed by atoms with Gasteiger partial charge < -0.3 is 10.00 Å². The molecule has 15 heavy (non-hydrogen) atoms. The van der Waals surface area contributed by atoms with E-state index in [1.807, 2.05) is 13.8 Å². The molecule has 90 valence electrons. The second-order valence-corrected chi connectivity index (χ2v) is 8.15. The number of hydrogen-bond donors (Lipinski definition) is 2. The van der Waals surface area contributed by atoms with Crippen molar-refractivity contribution in [2.75, 3.05) is 6.66 Å². The third-order valence-corrected chi connectivity index (χ3v) is 6.68. The lowest BCUT2D eigenvalue weighted by atomic mass is 9.74. The summed E-state index contributed by atoms with van der Waals surface area (Å²) in [5.74, 6) is 0.224. The van der Waals surface area contributed by atoms with E-state index >= 15 is 0 Å². The van der Waals surface area contributed by atoms with Gasteiger partial charge in [-0.25, -0.2) is 0 Å². The number of allylic oxidation sites excluding steroid dienone is 2. The summed E-state index contributed by atoms with van der Waals surface area (Å²) >= 11 is 0. The van der Waals surface area contributed by atoms with Crippen LogP contribution in [0, 0.1) is 5.41 Å². The Morgan fingerprint density at radius 3 is 1.67 bits per heavy atom. The van der Waals surface area contributed by atoms with Crippen LogP contribution in [-0.4, -0.2) is 21.8 Å². The Kier molecular flexibility index (Phi) is 3.88. The van der Waals surface area contributed by atoms with Crippen LogP contribution in [0.2, 0.25) is 0 Å². The predicted octanol–water partition coefficient (Wildman–Crippen LogP) is 3.54. The van der Waals surface area contributed by atoms with Gasteiger partial charge in [-0.15, -0.1) is 0 Å². The maximum atomic E-state index is 11.9. The van der Waals surface area contributed by atoms with Crippen LogP contribution in [0.5, 0.6) is 0 Å². The number of hydrogen-bond acceptors (Lipinski definition) is 2. The standard InChI is InChI=1S/C11H23O3P/c1-8(9(2)12)10(3,4)11(5,6)15(7,13)14/h12H,1-7H3,(H,13,14)/b9-8-. The molecule has 1 atom stereocenters. The van der Waals surface area contributed by atoms with E-state index in [9.17, 15) is 14.6 Å². The van der Waals surface area contributed by atoms with E-state index in [0.717, 1.165) is 5.57 Å². The molecule has 0 bridgehead atoms. The zero-order chi connectivity index (χ0) is 12.7. The van der Waals surface area contributed by atoms with Crippen molar-refractivity contribution < 1.29 is 14.6 Å². The minimum atomic E-state index is -3.23. The lowest BCUT2D eigenvalue weighted by Crippen LogP contribution is -2.40. The van der Waals surface area contributed by atoms with Crippen molar-refractivity contribution >= 4 is 7.37 Å². The van der Waals surface area contributed by atoms with Crippen molar-refractivity contribution in [1.29, 1.82) is 0 Å². The van der Waals surface area contributed by atoms with Crippen molar-refractivity contribution in [3.63, 3.8) is 0 Å². The summed E-state index contributed by atoms with van der Waals surface area (Å²) in [5.41, 5.74) is 0.230. The molecule has 0 fully saturated rings. The molecular weight excluding hydrogens is 211 g/mol. The fraction of sp³-hybridized carbons (Fsp3) is 0.818. The highest BCUT2D eigenvalue weighted by molar-refractivity contribution is 7.58. The van der Waals surface area contributed by atoms with Gasteiger partial charge in [0.1, 0.15) is 0 Å². The first-order valence-electron chi connectivity index (χ1n) is 5.03. The molecule has 1 unspecified atom stereocenters. The molecule has 3 nitrogen and oxygen atoms in total. The van der Waals surface area contributed by atoms with E-state index in [-0.39, 0.29) is 5.76 Å². The molecule has 0 radical (unpaired) electrons. The van der Waals surface area contributed by atoms with E-state index < -0.39 is 17.9 Å². The first kappa shape index (κ1) is 14.7. The normalized spacial score (nSPS) is 19.5. The van der Waals surface area contributed by atoms with E-state index in [2.05, 4.69) is 0 Å². The minimum Gasteiger partial charge on any atom is -0.513 e.